The fraction of sp³-hybridized carbons (Fsp3) is 0.222. The Morgan fingerprint density at radius 1 is 1.17 bits per heavy atom. The molecule has 116 valence electrons. The molecule has 0 atom stereocenters. The van der Waals surface area contributed by atoms with Gasteiger partial charge in [-0.15, -0.1) is 0 Å². The normalized spacial score (nSPS) is 14.1. The molecule has 1 fully saturated rings. The summed E-state index contributed by atoms with van der Waals surface area (Å²) in [6.07, 6.45) is 2.27. The van der Waals surface area contributed by atoms with Gasteiger partial charge in [0.25, 0.3) is 5.91 Å². The first kappa shape index (κ1) is 13.9. The first-order valence-electron chi connectivity index (χ1n) is 7.72. The summed E-state index contributed by atoms with van der Waals surface area (Å²) in [5, 5.41) is 2.78. The van der Waals surface area contributed by atoms with E-state index in [0.717, 1.165) is 29.7 Å². The summed E-state index contributed by atoms with van der Waals surface area (Å²) in [4.78, 5) is 16.8. The van der Waals surface area contributed by atoms with Crippen molar-refractivity contribution in [3.05, 3.63) is 65.7 Å². The van der Waals surface area contributed by atoms with E-state index in [1.807, 2.05) is 24.3 Å². The number of nitrogens with zero attached hydrogens (tertiary/aromatic N) is 2. The van der Waals surface area contributed by atoms with Crippen molar-refractivity contribution in [3.8, 4) is 0 Å². The van der Waals surface area contributed by atoms with Crippen molar-refractivity contribution in [3.63, 3.8) is 0 Å². The number of nitrogens with one attached hydrogen (secondary N) is 1. The summed E-state index contributed by atoms with van der Waals surface area (Å²) in [6.45, 7) is 0.290. The van der Waals surface area contributed by atoms with Crippen molar-refractivity contribution in [2.45, 2.75) is 25.4 Å². The topological polar surface area (TPSA) is 46.9 Å². The van der Waals surface area contributed by atoms with E-state index in [0.29, 0.717) is 12.6 Å². The van der Waals surface area contributed by atoms with E-state index >= 15 is 0 Å². The molecule has 1 saturated carbocycles. The number of hydrogen-bond acceptors (Lipinski definition) is 2. The molecule has 2 aromatic carbocycles. The van der Waals surface area contributed by atoms with Crippen LogP contribution in [0.15, 0.2) is 48.5 Å². The van der Waals surface area contributed by atoms with Crippen molar-refractivity contribution in [2.75, 3.05) is 0 Å². The molecule has 1 amide bonds. The number of hydrogen-bond donors (Lipinski definition) is 1. The SMILES string of the molecule is O=C(NCc1nc2ccccc2n1C1CC1)c1ccccc1F. The van der Waals surface area contributed by atoms with Crippen LogP contribution in [0, 0.1) is 5.82 Å². The van der Waals surface area contributed by atoms with Crippen LogP contribution in [0.4, 0.5) is 4.39 Å². The molecule has 0 radical (unpaired) electrons. The highest BCUT2D eigenvalue weighted by Gasteiger charge is 2.28. The Balaban J connectivity index is 1.60. The van der Waals surface area contributed by atoms with E-state index in [2.05, 4.69) is 14.9 Å². The lowest BCUT2D eigenvalue weighted by Crippen LogP contribution is -2.25. The number of benzene rings is 2. The van der Waals surface area contributed by atoms with Gasteiger partial charge in [0.15, 0.2) is 0 Å². The van der Waals surface area contributed by atoms with Gasteiger partial charge < -0.3 is 9.88 Å². The third-order valence-corrected chi connectivity index (χ3v) is 4.11. The Labute approximate surface area is 133 Å². The molecule has 0 saturated heterocycles. The van der Waals surface area contributed by atoms with E-state index in [1.54, 1.807) is 12.1 Å². The summed E-state index contributed by atoms with van der Waals surface area (Å²) in [7, 11) is 0. The molecule has 0 bridgehead atoms. The van der Waals surface area contributed by atoms with Crippen LogP contribution in [-0.2, 0) is 6.54 Å². The predicted octanol–water partition coefficient (Wildman–Crippen LogP) is 3.44. The molecule has 1 heterocycles. The quantitative estimate of drug-likeness (QED) is 0.802. The molecular weight excluding hydrogens is 293 g/mol. The predicted molar refractivity (Wildman–Crippen MR) is 85.6 cm³/mol. The smallest absolute Gasteiger partial charge is 0.254 e. The molecule has 4 nitrogen and oxygen atoms in total. The van der Waals surface area contributed by atoms with Gasteiger partial charge in [0.1, 0.15) is 11.6 Å². The van der Waals surface area contributed by atoms with Crippen LogP contribution >= 0.6 is 0 Å². The molecule has 3 aromatic rings. The highest BCUT2D eigenvalue weighted by molar-refractivity contribution is 5.94. The van der Waals surface area contributed by atoms with E-state index < -0.39 is 11.7 Å². The average Bonchev–Trinajstić information content (AvgIpc) is 3.33. The molecule has 0 aliphatic heterocycles. The zero-order valence-electron chi connectivity index (χ0n) is 12.5. The molecule has 1 N–H and O–H groups in total. The minimum absolute atomic E-state index is 0.0570. The highest BCUT2D eigenvalue weighted by Crippen LogP contribution is 2.38. The maximum absolute atomic E-state index is 13.7. The Morgan fingerprint density at radius 2 is 1.91 bits per heavy atom. The zero-order valence-corrected chi connectivity index (χ0v) is 12.5. The fourth-order valence-corrected chi connectivity index (χ4v) is 2.86. The lowest BCUT2D eigenvalue weighted by molar-refractivity contribution is 0.0945. The van der Waals surface area contributed by atoms with E-state index in [9.17, 15) is 9.18 Å². The number of carbonyl (C=O) groups is 1. The Bertz CT molecular complexity index is 883. The van der Waals surface area contributed by atoms with Gasteiger partial charge in [0.2, 0.25) is 0 Å². The summed E-state index contributed by atoms with van der Waals surface area (Å²) in [5.41, 5.74) is 2.07. The van der Waals surface area contributed by atoms with E-state index in [1.165, 1.54) is 12.1 Å². The fourth-order valence-electron chi connectivity index (χ4n) is 2.86. The molecule has 5 heteroatoms. The number of aromatic nitrogens is 2. The number of para-hydroxylation sites is 2. The lowest BCUT2D eigenvalue weighted by atomic mass is 10.2. The Hall–Kier alpha value is -2.69. The second-order valence-electron chi connectivity index (χ2n) is 5.78. The van der Waals surface area contributed by atoms with Gasteiger partial charge in [-0.05, 0) is 37.1 Å². The maximum atomic E-state index is 13.7. The minimum Gasteiger partial charge on any atom is -0.345 e. The molecule has 0 spiro atoms. The largest absolute Gasteiger partial charge is 0.345 e. The van der Waals surface area contributed by atoms with Gasteiger partial charge in [-0.3, -0.25) is 4.79 Å². The molecule has 1 aromatic heterocycles. The van der Waals surface area contributed by atoms with Crippen LogP contribution in [0.3, 0.4) is 0 Å². The second kappa shape index (κ2) is 5.50. The van der Waals surface area contributed by atoms with Gasteiger partial charge >= 0.3 is 0 Å². The van der Waals surface area contributed by atoms with E-state index in [-0.39, 0.29) is 5.56 Å². The van der Waals surface area contributed by atoms with Crippen molar-refractivity contribution in [2.24, 2.45) is 0 Å². The van der Waals surface area contributed by atoms with Gasteiger partial charge in [-0.1, -0.05) is 24.3 Å². The van der Waals surface area contributed by atoms with Crippen LogP contribution in [0.5, 0.6) is 0 Å². The summed E-state index contributed by atoms with van der Waals surface area (Å²) in [6, 6.07) is 14.4. The van der Waals surface area contributed by atoms with Crippen molar-refractivity contribution >= 4 is 16.9 Å². The van der Waals surface area contributed by atoms with Gasteiger partial charge in [0, 0.05) is 6.04 Å². The number of halogens is 1. The monoisotopic (exact) mass is 309 g/mol. The summed E-state index contributed by atoms with van der Waals surface area (Å²) in [5.74, 6) is -0.114. The lowest BCUT2D eigenvalue weighted by Gasteiger charge is -2.09. The van der Waals surface area contributed by atoms with Crippen LogP contribution in [0.2, 0.25) is 0 Å². The van der Waals surface area contributed by atoms with Crippen molar-refractivity contribution in [1.29, 1.82) is 0 Å². The zero-order chi connectivity index (χ0) is 15.8. The average molecular weight is 309 g/mol. The molecular formula is C18H16FN3O. The van der Waals surface area contributed by atoms with Crippen LogP contribution in [0.25, 0.3) is 11.0 Å². The van der Waals surface area contributed by atoms with Crippen LogP contribution in [-0.4, -0.2) is 15.5 Å². The number of amides is 1. The minimum atomic E-state index is -0.513. The number of rotatable bonds is 4. The molecule has 23 heavy (non-hydrogen) atoms. The number of fused-ring (bicyclic) bond motifs is 1. The first-order chi connectivity index (χ1) is 11.2. The van der Waals surface area contributed by atoms with Crippen LogP contribution in [0.1, 0.15) is 35.1 Å². The van der Waals surface area contributed by atoms with Crippen LogP contribution < -0.4 is 5.32 Å². The van der Waals surface area contributed by atoms with Gasteiger partial charge in [0.05, 0.1) is 23.1 Å². The number of carbonyl (C=O) groups excluding carboxylic acids is 1. The van der Waals surface area contributed by atoms with Gasteiger partial charge in [-0.2, -0.15) is 0 Å². The van der Waals surface area contributed by atoms with Crippen molar-refractivity contribution < 1.29 is 9.18 Å². The Kier molecular flexibility index (Phi) is 3.33. The summed E-state index contributed by atoms with van der Waals surface area (Å²) >= 11 is 0. The first-order valence-corrected chi connectivity index (χ1v) is 7.72. The Morgan fingerprint density at radius 3 is 2.70 bits per heavy atom. The summed E-state index contributed by atoms with van der Waals surface area (Å²) < 4.78 is 15.9. The van der Waals surface area contributed by atoms with Gasteiger partial charge in [-0.25, -0.2) is 9.37 Å². The van der Waals surface area contributed by atoms with Crippen molar-refractivity contribution in [1.82, 2.24) is 14.9 Å². The molecule has 4 rings (SSSR count). The second-order valence-corrected chi connectivity index (χ2v) is 5.78. The third kappa shape index (κ3) is 2.59. The third-order valence-electron chi connectivity index (χ3n) is 4.11. The molecule has 1 aliphatic carbocycles. The highest BCUT2D eigenvalue weighted by atomic mass is 19.1. The van der Waals surface area contributed by atoms with E-state index in [4.69, 9.17) is 0 Å². The number of imidazole rings is 1. The molecule has 1 aliphatic rings. The standard InChI is InChI=1S/C18H16FN3O/c19-14-6-2-1-5-13(14)18(23)20-11-17-21-15-7-3-4-8-16(15)22(17)12-9-10-12/h1-8,12H,9-11H2,(H,20,23). The molecule has 0 unspecified atom stereocenters. The maximum Gasteiger partial charge on any atom is 0.254 e.